The summed E-state index contributed by atoms with van der Waals surface area (Å²) in [5, 5.41) is 2.40. The average molecular weight is 290 g/mol. The monoisotopic (exact) mass is 290 g/mol. The Labute approximate surface area is 121 Å². The molecule has 0 saturated heterocycles. The van der Waals surface area contributed by atoms with Crippen LogP contribution in [0.5, 0.6) is 11.5 Å². The molecule has 0 aliphatic carbocycles. The van der Waals surface area contributed by atoms with Crippen molar-refractivity contribution in [3.63, 3.8) is 0 Å². The Bertz CT molecular complexity index is 647. The minimum atomic E-state index is -0.557. The zero-order valence-electron chi connectivity index (χ0n) is 11.4. The first-order chi connectivity index (χ1) is 10.1. The van der Waals surface area contributed by atoms with Crippen LogP contribution in [0.4, 0.5) is 15.8 Å². The SMILES string of the molecule is COc1cccc(OCC(=O)Nc2cc(N)ccc2F)c1. The third-order valence-corrected chi connectivity index (χ3v) is 2.68. The van der Waals surface area contributed by atoms with Gasteiger partial charge in [0.05, 0.1) is 12.8 Å². The normalized spacial score (nSPS) is 10.0. The van der Waals surface area contributed by atoms with Crippen LogP contribution in [0.1, 0.15) is 0 Å². The zero-order valence-corrected chi connectivity index (χ0v) is 11.4. The van der Waals surface area contributed by atoms with Crippen molar-refractivity contribution in [1.82, 2.24) is 0 Å². The Balaban J connectivity index is 1.94. The number of carbonyl (C=O) groups excluding carboxylic acids is 1. The molecule has 0 aromatic heterocycles. The van der Waals surface area contributed by atoms with Crippen molar-refractivity contribution in [2.24, 2.45) is 0 Å². The van der Waals surface area contributed by atoms with E-state index in [1.54, 1.807) is 24.3 Å². The lowest BCUT2D eigenvalue weighted by Crippen LogP contribution is -2.20. The van der Waals surface area contributed by atoms with E-state index in [-0.39, 0.29) is 12.3 Å². The van der Waals surface area contributed by atoms with Gasteiger partial charge in [-0.3, -0.25) is 4.79 Å². The number of benzene rings is 2. The molecule has 0 atom stereocenters. The van der Waals surface area contributed by atoms with Crippen molar-refractivity contribution in [3.8, 4) is 11.5 Å². The molecule has 2 aromatic rings. The van der Waals surface area contributed by atoms with E-state index < -0.39 is 11.7 Å². The highest BCUT2D eigenvalue weighted by Gasteiger charge is 2.08. The van der Waals surface area contributed by atoms with Crippen LogP contribution in [0, 0.1) is 5.82 Å². The van der Waals surface area contributed by atoms with Crippen molar-refractivity contribution in [2.75, 3.05) is 24.8 Å². The number of carbonyl (C=O) groups is 1. The summed E-state index contributed by atoms with van der Waals surface area (Å²) in [6.07, 6.45) is 0. The van der Waals surface area contributed by atoms with Crippen LogP contribution in [0.3, 0.4) is 0 Å². The Hall–Kier alpha value is -2.76. The van der Waals surface area contributed by atoms with Gasteiger partial charge in [-0.05, 0) is 30.3 Å². The lowest BCUT2D eigenvalue weighted by atomic mass is 10.2. The molecule has 5 nitrogen and oxygen atoms in total. The molecule has 1 amide bonds. The maximum atomic E-state index is 13.5. The lowest BCUT2D eigenvalue weighted by molar-refractivity contribution is -0.118. The van der Waals surface area contributed by atoms with Gasteiger partial charge >= 0.3 is 0 Å². The van der Waals surface area contributed by atoms with Crippen LogP contribution in [0.2, 0.25) is 0 Å². The summed E-state index contributed by atoms with van der Waals surface area (Å²) in [6, 6.07) is 10.8. The van der Waals surface area contributed by atoms with Gasteiger partial charge in [-0.2, -0.15) is 0 Å². The molecule has 0 radical (unpaired) electrons. The number of rotatable bonds is 5. The van der Waals surface area contributed by atoms with Gasteiger partial charge in [-0.25, -0.2) is 4.39 Å². The number of ether oxygens (including phenoxy) is 2. The second-order valence-electron chi connectivity index (χ2n) is 4.26. The van der Waals surface area contributed by atoms with E-state index in [1.807, 2.05) is 0 Å². The van der Waals surface area contributed by atoms with Crippen LogP contribution >= 0.6 is 0 Å². The maximum absolute atomic E-state index is 13.5. The summed E-state index contributed by atoms with van der Waals surface area (Å²) in [5.74, 6) is 0.0635. The second-order valence-corrected chi connectivity index (χ2v) is 4.26. The van der Waals surface area contributed by atoms with Gasteiger partial charge < -0.3 is 20.5 Å². The predicted molar refractivity (Wildman–Crippen MR) is 77.9 cm³/mol. The van der Waals surface area contributed by atoms with E-state index in [0.717, 1.165) is 0 Å². The molecule has 21 heavy (non-hydrogen) atoms. The number of hydrogen-bond acceptors (Lipinski definition) is 4. The summed E-state index contributed by atoms with van der Waals surface area (Å²) < 4.78 is 23.8. The first-order valence-electron chi connectivity index (χ1n) is 6.20. The number of methoxy groups -OCH3 is 1. The first-order valence-corrected chi connectivity index (χ1v) is 6.20. The number of hydrogen-bond donors (Lipinski definition) is 2. The lowest BCUT2D eigenvalue weighted by Gasteiger charge is -2.09. The molecule has 2 rings (SSSR count). The summed E-state index contributed by atoms with van der Waals surface area (Å²) in [6.45, 7) is -0.249. The summed E-state index contributed by atoms with van der Waals surface area (Å²) in [4.78, 5) is 11.7. The molecular formula is C15H15FN2O3. The molecule has 0 aliphatic heterocycles. The summed E-state index contributed by atoms with van der Waals surface area (Å²) >= 11 is 0. The van der Waals surface area contributed by atoms with Crippen LogP contribution in [-0.4, -0.2) is 19.6 Å². The van der Waals surface area contributed by atoms with Crippen molar-refractivity contribution in [2.45, 2.75) is 0 Å². The summed E-state index contributed by atoms with van der Waals surface area (Å²) in [5.41, 5.74) is 5.92. The molecule has 0 unspecified atom stereocenters. The third kappa shape index (κ3) is 4.10. The molecule has 0 saturated carbocycles. The topological polar surface area (TPSA) is 73.6 Å². The van der Waals surface area contributed by atoms with Crippen molar-refractivity contribution in [1.29, 1.82) is 0 Å². The van der Waals surface area contributed by atoms with Gasteiger partial charge in [-0.15, -0.1) is 0 Å². The largest absolute Gasteiger partial charge is 0.497 e. The van der Waals surface area contributed by atoms with Crippen LogP contribution in [-0.2, 0) is 4.79 Å². The van der Waals surface area contributed by atoms with Crippen LogP contribution in [0.15, 0.2) is 42.5 Å². The minimum absolute atomic E-state index is 0.0224. The number of nitrogen functional groups attached to an aromatic ring is 1. The molecule has 2 aromatic carbocycles. The van der Waals surface area contributed by atoms with E-state index in [9.17, 15) is 9.18 Å². The smallest absolute Gasteiger partial charge is 0.262 e. The molecule has 3 N–H and O–H groups in total. The number of anilines is 2. The van der Waals surface area contributed by atoms with Gasteiger partial charge in [-0.1, -0.05) is 6.07 Å². The van der Waals surface area contributed by atoms with E-state index in [1.165, 1.54) is 25.3 Å². The fourth-order valence-electron chi connectivity index (χ4n) is 1.66. The van der Waals surface area contributed by atoms with E-state index in [2.05, 4.69) is 5.32 Å². The van der Waals surface area contributed by atoms with Crippen molar-refractivity contribution < 1.29 is 18.7 Å². The minimum Gasteiger partial charge on any atom is -0.497 e. The maximum Gasteiger partial charge on any atom is 0.262 e. The Morgan fingerprint density at radius 3 is 2.76 bits per heavy atom. The molecule has 0 heterocycles. The molecule has 0 aliphatic rings. The molecule has 110 valence electrons. The number of halogens is 1. The van der Waals surface area contributed by atoms with Crippen LogP contribution in [0.25, 0.3) is 0 Å². The number of nitrogens with one attached hydrogen (secondary N) is 1. The molecular weight excluding hydrogens is 275 g/mol. The van der Waals surface area contributed by atoms with E-state index in [4.69, 9.17) is 15.2 Å². The van der Waals surface area contributed by atoms with E-state index in [0.29, 0.717) is 17.2 Å². The number of nitrogens with two attached hydrogens (primary N) is 1. The summed E-state index contributed by atoms with van der Waals surface area (Å²) in [7, 11) is 1.54. The van der Waals surface area contributed by atoms with Gasteiger partial charge in [0.1, 0.15) is 17.3 Å². The second kappa shape index (κ2) is 6.60. The molecule has 0 bridgehead atoms. The van der Waals surface area contributed by atoms with Gasteiger partial charge in [0.15, 0.2) is 6.61 Å². The highest BCUT2D eigenvalue weighted by molar-refractivity contribution is 5.92. The van der Waals surface area contributed by atoms with Crippen LogP contribution < -0.4 is 20.5 Å². The van der Waals surface area contributed by atoms with E-state index >= 15 is 0 Å². The zero-order chi connectivity index (χ0) is 15.2. The first kappa shape index (κ1) is 14.6. The fraction of sp³-hybridized carbons (Fsp3) is 0.133. The number of amides is 1. The fourth-order valence-corrected chi connectivity index (χ4v) is 1.66. The third-order valence-electron chi connectivity index (χ3n) is 2.68. The quantitative estimate of drug-likeness (QED) is 0.829. The van der Waals surface area contributed by atoms with Gasteiger partial charge in [0.25, 0.3) is 5.91 Å². The molecule has 6 heteroatoms. The molecule has 0 fully saturated rings. The predicted octanol–water partition coefficient (Wildman–Crippen LogP) is 2.43. The standard InChI is InChI=1S/C15H15FN2O3/c1-20-11-3-2-4-12(8-11)21-9-15(19)18-14-7-10(17)5-6-13(14)16/h2-8H,9,17H2,1H3,(H,18,19). The highest BCUT2D eigenvalue weighted by Crippen LogP contribution is 2.19. The average Bonchev–Trinajstić information content (AvgIpc) is 2.49. The highest BCUT2D eigenvalue weighted by atomic mass is 19.1. The Kier molecular flexibility index (Phi) is 4.61. The van der Waals surface area contributed by atoms with Crippen molar-refractivity contribution in [3.05, 3.63) is 48.3 Å². The van der Waals surface area contributed by atoms with Gasteiger partial charge in [0.2, 0.25) is 0 Å². The van der Waals surface area contributed by atoms with Gasteiger partial charge in [0, 0.05) is 11.8 Å². The Morgan fingerprint density at radius 2 is 2.00 bits per heavy atom. The van der Waals surface area contributed by atoms with Crippen molar-refractivity contribution >= 4 is 17.3 Å². The molecule has 0 spiro atoms. The Morgan fingerprint density at radius 1 is 1.24 bits per heavy atom.